The summed E-state index contributed by atoms with van der Waals surface area (Å²) in [4.78, 5) is 11.7. The number of rotatable bonds is 16. The second-order valence-corrected chi connectivity index (χ2v) is 17.0. The van der Waals surface area contributed by atoms with Crippen LogP contribution in [0, 0.1) is 0 Å². The summed E-state index contributed by atoms with van der Waals surface area (Å²) in [6.45, 7) is 21.7. The van der Waals surface area contributed by atoms with Gasteiger partial charge in [0.1, 0.15) is 0 Å². The van der Waals surface area contributed by atoms with Crippen LogP contribution in [0.25, 0.3) is 0 Å². The van der Waals surface area contributed by atoms with Gasteiger partial charge in [-0.1, -0.05) is 72.3 Å². The van der Waals surface area contributed by atoms with E-state index in [4.69, 9.17) is 19.6 Å². The summed E-state index contributed by atoms with van der Waals surface area (Å²) >= 11 is 0. The minimum Gasteiger partial charge on any atom is -0.410 e. The van der Waals surface area contributed by atoms with Gasteiger partial charge in [-0.05, 0) is 62.6 Å². The normalized spacial score (nSPS) is 18.1. The minimum atomic E-state index is -1.93. The van der Waals surface area contributed by atoms with Crippen molar-refractivity contribution in [2.24, 2.45) is 5.73 Å². The number of nitrogens with one attached hydrogen (secondary N) is 1. The fourth-order valence-electron chi connectivity index (χ4n) is 5.84. The van der Waals surface area contributed by atoms with Gasteiger partial charge in [0.15, 0.2) is 5.79 Å². The van der Waals surface area contributed by atoms with E-state index in [9.17, 15) is 4.79 Å². The van der Waals surface area contributed by atoms with Crippen molar-refractivity contribution in [1.29, 1.82) is 0 Å². The van der Waals surface area contributed by atoms with Crippen LogP contribution in [0.15, 0.2) is 23.8 Å². The SMILES string of the molecule is CC[C@@H](/C=C\CCC1(C[C@@H](CCC=C(C)C)NC(N)=O)OCCCO1)O[Si](C(C)C)(C(C)C)C(C)C. The molecule has 0 radical (unpaired) electrons. The van der Waals surface area contributed by atoms with Crippen molar-refractivity contribution in [1.82, 2.24) is 5.32 Å². The van der Waals surface area contributed by atoms with Gasteiger partial charge in [-0.15, -0.1) is 0 Å². The first-order chi connectivity index (χ1) is 16.9. The van der Waals surface area contributed by atoms with E-state index in [2.05, 4.69) is 85.9 Å². The summed E-state index contributed by atoms with van der Waals surface area (Å²) in [5.74, 6) is -0.699. The maximum atomic E-state index is 11.7. The van der Waals surface area contributed by atoms with Crippen LogP contribution in [0.1, 0.15) is 107 Å². The zero-order valence-corrected chi connectivity index (χ0v) is 25.7. The molecule has 2 amide bonds. The summed E-state index contributed by atoms with van der Waals surface area (Å²) in [7, 11) is -1.93. The molecule has 1 heterocycles. The predicted octanol–water partition coefficient (Wildman–Crippen LogP) is 7.60. The third-order valence-electron chi connectivity index (χ3n) is 7.50. The molecule has 6 nitrogen and oxygen atoms in total. The molecule has 2 atom stereocenters. The first-order valence-corrected chi connectivity index (χ1v) is 16.3. The topological polar surface area (TPSA) is 82.8 Å². The van der Waals surface area contributed by atoms with Crippen LogP contribution >= 0.6 is 0 Å². The second-order valence-electron chi connectivity index (χ2n) is 11.6. The molecule has 1 aliphatic rings. The average Bonchev–Trinajstić information content (AvgIpc) is 2.78. The van der Waals surface area contributed by atoms with Crippen LogP contribution in [0.5, 0.6) is 0 Å². The summed E-state index contributed by atoms with van der Waals surface area (Å²) < 4.78 is 19.4. The van der Waals surface area contributed by atoms with E-state index in [1.165, 1.54) is 5.57 Å². The van der Waals surface area contributed by atoms with Gasteiger partial charge in [-0.3, -0.25) is 0 Å². The Morgan fingerprint density at radius 2 is 1.64 bits per heavy atom. The molecular formula is C29H56N2O4Si. The lowest BCUT2D eigenvalue weighted by Crippen LogP contribution is -2.49. The molecule has 0 unspecified atom stereocenters. The van der Waals surface area contributed by atoms with Crippen molar-refractivity contribution < 1.29 is 18.7 Å². The molecule has 0 spiro atoms. The maximum absolute atomic E-state index is 11.7. The summed E-state index contributed by atoms with van der Waals surface area (Å²) in [5, 5.41) is 2.92. The van der Waals surface area contributed by atoms with Gasteiger partial charge in [0.25, 0.3) is 0 Å². The Labute approximate surface area is 222 Å². The van der Waals surface area contributed by atoms with Crippen molar-refractivity contribution in [3.8, 4) is 0 Å². The molecule has 0 saturated carbocycles. The van der Waals surface area contributed by atoms with Crippen LogP contribution in [0.3, 0.4) is 0 Å². The Morgan fingerprint density at radius 3 is 2.11 bits per heavy atom. The zero-order valence-electron chi connectivity index (χ0n) is 24.7. The molecule has 1 saturated heterocycles. The van der Waals surface area contributed by atoms with Crippen LogP contribution in [-0.4, -0.2) is 45.5 Å². The van der Waals surface area contributed by atoms with E-state index in [-0.39, 0.29) is 12.1 Å². The third kappa shape index (κ3) is 10.3. The molecule has 1 fully saturated rings. The average molecular weight is 525 g/mol. The highest BCUT2D eigenvalue weighted by Crippen LogP contribution is 2.43. The number of carbonyl (C=O) groups excluding carboxylic acids is 1. The number of amides is 2. The van der Waals surface area contributed by atoms with E-state index in [0.29, 0.717) is 36.3 Å². The smallest absolute Gasteiger partial charge is 0.312 e. The lowest BCUT2D eigenvalue weighted by atomic mass is 9.96. The number of allylic oxidation sites excluding steroid dienone is 3. The van der Waals surface area contributed by atoms with E-state index >= 15 is 0 Å². The van der Waals surface area contributed by atoms with Gasteiger partial charge in [0.2, 0.25) is 8.32 Å². The van der Waals surface area contributed by atoms with Gasteiger partial charge in [0, 0.05) is 18.9 Å². The van der Waals surface area contributed by atoms with Gasteiger partial charge in [-0.2, -0.15) is 0 Å². The molecule has 0 bridgehead atoms. The Morgan fingerprint density at radius 1 is 1.06 bits per heavy atom. The molecule has 1 rings (SSSR count). The molecule has 3 N–H and O–H groups in total. The largest absolute Gasteiger partial charge is 0.410 e. The fourth-order valence-corrected chi connectivity index (χ4v) is 11.4. The van der Waals surface area contributed by atoms with Crippen LogP contribution in [0.2, 0.25) is 16.6 Å². The highest BCUT2D eigenvalue weighted by molar-refractivity contribution is 6.77. The number of hydrogen-bond donors (Lipinski definition) is 2. The molecule has 36 heavy (non-hydrogen) atoms. The Balaban J connectivity index is 2.91. The number of nitrogens with two attached hydrogens (primary N) is 1. The summed E-state index contributed by atoms with van der Waals surface area (Å²) in [6.07, 6.45) is 12.5. The number of hydrogen-bond acceptors (Lipinski definition) is 4. The third-order valence-corrected chi connectivity index (χ3v) is 13.6. The van der Waals surface area contributed by atoms with Gasteiger partial charge < -0.3 is 25.0 Å². The molecule has 0 aromatic carbocycles. The van der Waals surface area contributed by atoms with E-state index in [1.54, 1.807) is 0 Å². The molecule has 7 heteroatoms. The standard InChI is InChI=1S/C29H56N2O4Si/c1-10-27(35-36(23(4)5,24(6)7)25(8)9)17-11-12-18-29(33-19-14-20-34-29)21-26(31-28(30)32)16-13-15-22(2)3/h11,15,17,23-27H,10,12-14,16,18-21H2,1-9H3,(H3,30,31,32)/b17-11-/t26-,27+/m1/s1. The fraction of sp³-hybridized carbons (Fsp3) is 0.828. The molecule has 0 aromatic heterocycles. The van der Waals surface area contributed by atoms with Crippen molar-refractivity contribution in [2.45, 2.75) is 142 Å². The number of primary amides is 1. The molecular weight excluding hydrogens is 468 g/mol. The number of urea groups is 1. The van der Waals surface area contributed by atoms with Crippen molar-refractivity contribution in [3.05, 3.63) is 23.8 Å². The second kappa shape index (κ2) is 16.0. The Bertz CT molecular complexity index is 674. The summed E-state index contributed by atoms with van der Waals surface area (Å²) in [6, 6.07) is -0.597. The van der Waals surface area contributed by atoms with E-state index in [0.717, 1.165) is 38.5 Å². The molecule has 1 aliphatic heterocycles. The Kier molecular flexibility index (Phi) is 14.6. The van der Waals surface area contributed by atoms with Gasteiger partial charge in [-0.25, -0.2) is 4.79 Å². The number of ether oxygens (including phenoxy) is 2. The van der Waals surface area contributed by atoms with Crippen molar-refractivity contribution in [2.75, 3.05) is 13.2 Å². The van der Waals surface area contributed by atoms with Crippen LogP contribution < -0.4 is 11.1 Å². The van der Waals surface area contributed by atoms with Crippen molar-refractivity contribution >= 4 is 14.3 Å². The quantitative estimate of drug-likeness (QED) is 0.161. The van der Waals surface area contributed by atoms with Gasteiger partial charge >= 0.3 is 6.03 Å². The van der Waals surface area contributed by atoms with Crippen LogP contribution in [-0.2, 0) is 13.9 Å². The van der Waals surface area contributed by atoms with Crippen molar-refractivity contribution in [3.63, 3.8) is 0 Å². The predicted molar refractivity (Wildman–Crippen MR) is 154 cm³/mol. The first kappa shape index (κ1) is 32.9. The molecule has 210 valence electrons. The first-order valence-electron chi connectivity index (χ1n) is 14.2. The minimum absolute atomic E-state index is 0.0957. The highest BCUT2D eigenvalue weighted by atomic mass is 28.4. The Hall–Kier alpha value is -1.15. The van der Waals surface area contributed by atoms with E-state index < -0.39 is 20.1 Å². The maximum Gasteiger partial charge on any atom is 0.312 e. The molecule has 0 aliphatic carbocycles. The molecule has 0 aromatic rings. The van der Waals surface area contributed by atoms with Crippen LogP contribution in [0.4, 0.5) is 4.79 Å². The monoisotopic (exact) mass is 524 g/mol. The number of carbonyl (C=O) groups is 1. The lowest BCUT2D eigenvalue weighted by molar-refractivity contribution is -0.275. The van der Waals surface area contributed by atoms with Gasteiger partial charge in [0.05, 0.1) is 19.3 Å². The lowest BCUT2D eigenvalue weighted by Gasteiger charge is -2.44. The summed E-state index contributed by atoms with van der Waals surface area (Å²) in [5.41, 5.74) is 8.45. The highest BCUT2D eigenvalue weighted by Gasteiger charge is 2.46. The van der Waals surface area contributed by atoms with E-state index in [1.807, 2.05) is 0 Å². The zero-order chi connectivity index (χ0) is 27.4.